The van der Waals surface area contributed by atoms with Gasteiger partial charge in [-0.05, 0) is 25.9 Å². The van der Waals surface area contributed by atoms with Crippen LogP contribution in [0.3, 0.4) is 0 Å². The first-order chi connectivity index (χ1) is 8.84. The van der Waals surface area contributed by atoms with Gasteiger partial charge in [-0.3, -0.25) is 4.79 Å². The lowest BCUT2D eigenvalue weighted by Crippen LogP contribution is -2.43. The van der Waals surface area contributed by atoms with Gasteiger partial charge in [0, 0.05) is 43.6 Å². The molecule has 0 saturated carbocycles. The molecule has 2 aliphatic heterocycles. The Hall–Kier alpha value is -0.260. The summed E-state index contributed by atoms with van der Waals surface area (Å²) in [5.74, 6) is 2.44. The fourth-order valence-electron chi connectivity index (χ4n) is 2.58. The second-order valence-corrected chi connectivity index (χ2v) is 6.33. The number of hydrogen-bond acceptors (Lipinski definition) is 4. The highest BCUT2D eigenvalue weighted by molar-refractivity contribution is 7.99. The van der Waals surface area contributed by atoms with Crippen molar-refractivity contribution in [2.45, 2.75) is 31.7 Å². The molecular formula is C13H25N3OS. The van der Waals surface area contributed by atoms with Crippen molar-refractivity contribution < 1.29 is 4.79 Å². The number of carbonyl (C=O) groups is 1. The minimum absolute atomic E-state index is 0.201. The van der Waals surface area contributed by atoms with E-state index in [0.29, 0.717) is 12.5 Å². The summed E-state index contributed by atoms with van der Waals surface area (Å²) in [5.41, 5.74) is 0. The van der Waals surface area contributed by atoms with E-state index in [9.17, 15) is 4.79 Å². The van der Waals surface area contributed by atoms with Gasteiger partial charge in [0.2, 0.25) is 5.91 Å². The molecule has 0 aromatic rings. The number of piperidine rings is 1. The summed E-state index contributed by atoms with van der Waals surface area (Å²) in [7, 11) is 0. The number of nitrogens with zero attached hydrogens (tertiary/aromatic N) is 1. The van der Waals surface area contributed by atoms with Gasteiger partial charge in [-0.15, -0.1) is 0 Å². The summed E-state index contributed by atoms with van der Waals surface area (Å²) < 4.78 is 0. The lowest BCUT2D eigenvalue weighted by molar-refractivity contribution is -0.121. The van der Waals surface area contributed by atoms with Crippen LogP contribution < -0.4 is 10.6 Å². The number of rotatable bonds is 5. The zero-order chi connectivity index (χ0) is 12.6. The third kappa shape index (κ3) is 5.16. The summed E-state index contributed by atoms with van der Waals surface area (Å²) in [6, 6.07) is 0.374. The van der Waals surface area contributed by atoms with Gasteiger partial charge in [-0.2, -0.15) is 11.8 Å². The molecule has 2 fully saturated rings. The van der Waals surface area contributed by atoms with Gasteiger partial charge in [0.15, 0.2) is 0 Å². The van der Waals surface area contributed by atoms with E-state index in [1.807, 2.05) is 11.8 Å². The summed E-state index contributed by atoms with van der Waals surface area (Å²) >= 11 is 1.94. The van der Waals surface area contributed by atoms with E-state index in [0.717, 1.165) is 25.4 Å². The van der Waals surface area contributed by atoms with Crippen molar-refractivity contribution in [1.29, 1.82) is 0 Å². The largest absolute Gasteiger partial charge is 0.355 e. The predicted octanol–water partition coefficient (Wildman–Crippen LogP) is 0.684. The van der Waals surface area contributed by atoms with Gasteiger partial charge in [-0.25, -0.2) is 0 Å². The van der Waals surface area contributed by atoms with Crippen LogP contribution in [0, 0.1) is 0 Å². The molecule has 0 aliphatic carbocycles. The van der Waals surface area contributed by atoms with Gasteiger partial charge < -0.3 is 15.5 Å². The SMILES string of the molecule is O=C(CC1CSCCN1)NCCN1CCCCC1. The van der Waals surface area contributed by atoms with Crippen molar-refractivity contribution in [3.05, 3.63) is 0 Å². The zero-order valence-corrected chi connectivity index (χ0v) is 11.9. The van der Waals surface area contributed by atoms with Crippen molar-refractivity contribution >= 4 is 17.7 Å². The highest BCUT2D eigenvalue weighted by atomic mass is 32.2. The molecule has 0 bridgehead atoms. The fourth-order valence-corrected chi connectivity index (χ4v) is 3.53. The fraction of sp³-hybridized carbons (Fsp3) is 0.923. The first-order valence-corrected chi connectivity index (χ1v) is 8.30. The van der Waals surface area contributed by atoms with Crippen LogP contribution in [0.5, 0.6) is 0 Å². The highest BCUT2D eigenvalue weighted by Crippen LogP contribution is 2.10. The Labute approximate surface area is 114 Å². The van der Waals surface area contributed by atoms with E-state index >= 15 is 0 Å². The minimum Gasteiger partial charge on any atom is -0.355 e. The quantitative estimate of drug-likeness (QED) is 0.772. The van der Waals surface area contributed by atoms with Crippen LogP contribution in [0.4, 0.5) is 0 Å². The van der Waals surface area contributed by atoms with Gasteiger partial charge in [0.1, 0.15) is 0 Å². The van der Waals surface area contributed by atoms with Crippen LogP contribution in [-0.2, 0) is 4.79 Å². The molecule has 2 heterocycles. The zero-order valence-electron chi connectivity index (χ0n) is 11.1. The third-order valence-corrected chi connectivity index (χ3v) is 4.76. The second kappa shape index (κ2) is 8.02. The van der Waals surface area contributed by atoms with Crippen molar-refractivity contribution in [2.24, 2.45) is 0 Å². The van der Waals surface area contributed by atoms with Crippen LogP contribution in [0.1, 0.15) is 25.7 Å². The Morgan fingerprint density at radius 2 is 2.17 bits per heavy atom. The highest BCUT2D eigenvalue weighted by Gasteiger charge is 2.16. The minimum atomic E-state index is 0.201. The Kier molecular flexibility index (Phi) is 6.31. The molecule has 1 atom stereocenters. The van der Waals surface area contributed by atoms with Gasteiger partial charge in [0.25, 0.3) is 0 Å². The predicted molar refractivity (Wildman–Crippen MR) is 77.0 cm³/mol. The molecule has 2 rings (SSSR count). The van der Waals surface area contributed by atoms with Crippen LogP contribution >= 0.6 is 11.8 Å². The third-order valence-electron chi connectivity index (χ3n) is 3.63. The number of amides is 1. The molecule has 0 radical (unpaired) electrons. The number of carbonyl (C=O) groups excluding carboxylic acids is 1. The molecule has 0 aromatic heterocycles. The summed E-state index contributed by atoms with van der Waals surface area (Å²) in [6.07, 6.45) is 4.63. The number of nitrogens with one attached hydrogen (secondary N) is 2. The maximum absolute atomic E-state index is 11.8. The van der Waals surface area contributed by atoms with E-state index in [1.165, 1.54) is 38.1 Å². The topological polar surface area (TPSA) is 44.4 Å². The molecule has 1 unspecified atom stereocenters. The van der Waals surface area contributed by atoms with Crippen molar-refractivity contribution in [3.8, 4) is 0 Å². The number of hydrogen-bond donors (Lipinski definition) is 2. The molecule has 18 heavy (non-hydrogen) atoms. The Balaban J connectivity index is 1.53. The van der Waals surface area contributed by atoms with Crippen molar-refractivity contribution in [2.75, 3.05) is 44.2 Å². The smallest absolute Gasteiger partial charge is 0.221 e. The van der Waals surface area contributed by atoms with Crippen LogP contribution in [-0.4, -0.2) is 61.1 Å². The Morgan fingerprint density at radius 3 is 2.89 bits per heavy atom. The van der Waals surface area contributed by atoms with Crippen molar-refractivity contribution in [3.63, 3.8) is 0 Å². The van der Waals surface area contributed by atoms with E-state index < -0.39 is 0 Å². The Morgan fingerprint density at radius 1 is 1.33 bits per heavy atom. The molecule has 2 saturated heterocycles. The average molecular weight is 271 g/mol. The van der Waals surface area contributed by atoms with Gasteiger partial charge in [-0.1, -0.05) is 6.42 Å². The standard InChI is InChI=1S/C13H25N3OS/c17-13(10-12-11-18-9-5-14-12)15-4-8-16-6-2-1-3-7-16/h12,14H,1-11H2,(H,15,17). The lowest BCUT2D eigenvalue weighted by atomic mass is 10.1. The van der Waals surface area contributed by atoms with E-state index in [2.05, 4.69) is 15.5 Å². The number of thioether (sulfide) groups is 1. The second-order valence-electron chi connectivity index (χ2n) is 5.18. The van der Waals surface area contributed by atoms with E-state index in [4.69, 9.17) is 0 Å². The van der Waals surface area contributed by atoms with Gasteiger partial charge >= 0.3 is 0 Å². The maximum Gasteiger partial charge on any atom is 0.221 e. The summed E-state index contributed by atoms with van der Waals surface area (Å²) in [6.45, 7) is 5.26. The first kappa shape index (κ1) is 14.2. The molecule has 104 valence electrons. The molecule has 2 aliphatic rings. The van der Waals surface area contributed by atoms with Crippen molar-refractivity contribution in [1.82, 2.24) is 15.5 Å². The van der Waals surface area contributed by atoms with Crippen LogP contribution in [0.2, 0.25) is 0 Å². The first-order valence-electron chi connectivity index (χ1n) is 7.15. The Bertz CT molecular complexity index is 251. The summed E-state index contributed by atoms with van der Waals surface area (Å²) in [4.78, 5) is 14.2. The molecule has 5 heteroatoms. The average Bonchev–Trinajstić information content (AvgIpc) is 2.41. The normalized spacial score (nSPS) is 25.9. The van der Waals surface area contributed by atoms with Gasteiger partial charge in [0.05, 0.1) is 0 Å². The van der Waals surface area contributed by atoms with E-state index in [-0.39, 0.29) is 5.91 Å². The molecular weight excluding hydrogens is 246 g/mol. The molecule has 0 aromatic carbocycles. The molecule has 0 spiro atoms. The van der Waals surface area contributed by atoms with Crippen LogP contribution in [0.15, 0.2) is 0 Å². The summed E-state index contributed by atoms with van der Waals surface area (Å²) in [5, 5.41) is 6.45. The molecule has 1 amide bonds. The van der Waals surface area contributed by atoms with E-state index in [1.54, 1.807) is 0 Å². The monoisotopic (exact) mass is 271 g/mol. The lowest BCUT2D eigenvalue weighted by Gasteiger charge is -2.26. The van der Waals surface area contributed by atoms with Crippen LogP contribution in [0.25, 0.3) is 0 Å². The maximum atomic E-state index is 11.8. The molecule has 4 nitrogen and oxygen atoms in total. The molecule has 2 N–H and O–H groups in total. The number of likely N-dealkylation sites (tertiary alicyclic amines) is 1.